The van der Waals surface area contributed by atoms with Gasteiger partial charge in [-0.25, -0.2) is 8.42 Å². The SMILES string of the molecule is Cl.O=S(=O)(Cl)CCCN1CCOCC1. The zero-order chi connectivity index (χ0) is 9.73. The number of hydrogen-bond acceptors (Lipinski definition) is 4. The van der Waals surface area contributed by atoms with Crippen molar-refractivity contribution >= 4 is 32.1 Å². The van der Waals surface area contributed by atoms with Gasteiger partial charge in [0.05, 0.1) is 19.0 Å². The van der Waals surface area contributed by atoms with E-state index in [2.05, 4.69) is 4.90 Å². The first-order valence-corrected chi connectivity index (χ1v) is 6.78. The minimum absolute atomic E-state index is 0. The number of nitrogens with zero attached hydrogens (tertiary/aromatic N) is 1. The van der Waals surface area contributed by atoms with Crippen LogP contribution in [0.2, 0.25) is 0 Å². The Hall–Kier alpha value is 0.450. The molecule has 0 N–H and O–H groups in total. The van der Waals surface area contributed by atoms with Gasteiger partial charge in [-0.1, -0.05) is 0 Å². The highest BCUT2D eigenvalue weighted by molar-refractivity contribution is 8.13. The van der Waals surface area contributed by atoms with Crippen LogP contribution in [-0.4, -0.2) is 51.9 Å². The van der Waals surface area contributed by atoms with E-state index in [0.717, 1.165) is 32.8 Å². The molecule has 1 aliphatic heterocycles. The van der Waals surface area contributed by atoms with E-state index in [9.17, 15) is 8.42 Å². The van der Waals surface area contributed by atoms with Gasteiger partial charge in [0.2, 0.25) is 9.05 Å². The number of morpholine rings is 1. The number of halogens is 2. The predicted molar refractivity (Wildman–Crippen MR) is 58.8 cm³/mol. The van der Waals surface area contributed by atoms with Crippen LogP contribution in [0.1, 0.15) is 6.42 Å². The molecule has 4 nitrogen and oxygen atoms in total. The van der Waals surface area contributed by atoms with Gasteiger partial charge in [0.15, 0.2) is 0 Å². The average molecular weight is 264 g/mol. The second-order valence-corrected chi connectivity index (χ2v) is 5.95. The Balaban J connectivity index is 0.00000169. The molecule has 7 heteroatoms. The molecule has 1 rings (SSSR count). The summed E-state index contributed by atoms with van der Waals surface area (Å²) in [5.41, 5.74) is 0. The molecule has 0 atom stereocenters. The van der Waals surface area contributed by atoms with Gasteiger partial charge in [0.25, 0.3) is 0 Å². The van der Waals surface area contributed by atoms with E-state index in [0.29, 0.717) is 6.42 Å². The van der Waals surface area contributed by atoms with Crippen molar-refractivity contribution in [2.24, 2.45) is 0 Å². The van der Waals surface area contributed by atoms with Crippen molar-refractivity contribution < 1.29 is 13.2 Å². The molecule has 0 aromatic carbocycles. The Labute approximate surface area is 95.4 Å². The molecular weight excluding hydrogens is 249 g/mol. The number of hydrogen-bond donors (Lipinski definition) is 0. The number of ether oxygens (including phenoxy) is 1. The highest BCUT2D eigenvalue weighted by atomic mass is 35.7. The van der Waals surface area contributed by atoms with Crippen molar-refractivity contribution in [2.45, 2.75) is 6.42 Å². The topological polar surface area (TPSA) is 46.6 Å². The standard InChI is InChI=1S/C7H14ClNO3S.ClH/c8-13(10,11)7-1-2-9-3-5-12-6-4-9;/h1-7H2;1H. The van der Waals surface area contributed by atoms with Crippen molar-refractivity contribution in [2.75, 3.05) is 38.6 Å². The summed E-state index contributed by atoms with van der Waals surface area (Å²) < 4.78 is 26.4. The summed E-state index contributed by atoms with van der Waals surface area (Å²) in [6.07, 6.45) is 0.603. The molecule has 0 bridgehead atoms. The summed E-state index contributed by atoms with van der Waals surface area (Å²) in [6.45, 7) is 4.06. The summed E-state index contributed by atoms with van der Waals surface area (Å²) >= 11 is 0. The van der Waals surface area contributed by atoms with E-state index in [4.69, 9.17) is 15.4 Å². The Kier molecular flexibility index (Phi) is 7.07. The quantitative estimate of drug-likeness (QED) is 0.701. The molecule has 86 valence electrons. The maximum absolute atomic E-state index is 10.6. The molecule has 1 saturated heterocycles. The minimum atomic E-state index is -3.31. The average Bonchev–Trinajstić information content (AvgIpc) is 2.04. The largest absolute Gasteiger partial charge is 0.379 e. The first kappa shape index (κ1) is 14.5. The van der Waals surface area contributed by atoms with Gasteiger partial charge < -0.3 is 4.74 Å². The van der Waals surface area contributed by atoms with Crippen LogP contribution in [0.4, 0.5) is 0 Å². The van der Waals surface area contributed by atoms with Crippen LogP contribution in [0.5, 0.6) is 0 Å². The van der Waals surface area contributed by atoms with Crippen molar-refractivity contribution in [3.8, 4) is 0 Å². The summed E-state index contributed by atoms with van der Waals surface area (Å²) in [5.74, 6) is 0.0614. The molecular formula is C7H15Cl2NO3S. The molecule has 0 spiro atoms. The fourth-order valence-corrected chi connectivity index (χ4v) is 2.09. The molecule has 1 aliphatic rings. The fourth-order valence-electron chi connectivity index (χ4n) is 1.29. The van der Waals surface area contributed by atoms with Gasteiger partial charge in [-0.3, -0.25) is 4.90 Å². The zero-order valence-electron chi connectivity index (χ0n) is 7.82. The van der Waals surface area contributed by atoms with Crippen LogP contribution in [0.3, 0.4) is 0 Å². The van der Waals surface area contributed by atoms with Crippen LogP contribution < -0.4 is 0 Å². The smallest absolute Gasteiger partial charge is 0.232 e. The second kappa shape index (κ2) is 6.85. The zero-order valence-corrected chi connectivity index (χ0v) is 10.2. The maximum atomic E-state index is 10.6. The van der Waals surface area contributed by atoms with Crippen LogP contribution in [0.25, 0.3) is 0 Å². The van der Waals surface area contributed by atoms with Gasteiger partial charge in [0, 0.05) is 23.8 Å². The highest BCUT2D eigenvalue weighted by Gasteiger charge is 2.11. The third kappa shape index (κ3) is 6.84. The lowest BCUT2D eigenvalue weighted by Gasteiger charge is -2.26. The summed E-state index contributed by atoms with van der Waals surface area (Å²) in [7, 11) is 1.77. The molecule has 0 saturated carbocycles. The molecule has 0 unspecified atom stereocenters. The Morgan fingerprint density at radius 2 is 1.86 bits per heavy atom. The maximum Gasteiger partial charge on any atom is 0.232 e. The van der Waals surface area contributed by atoms with E-state index in [1.165, 1.54) is 0 Å². The van der Waals surface area contributed by atoms with Crippen molar-refractivity contribution in [1.82, 2.24) is 4.90 Å². The lowest BCUT2D eigenvalue weighted by molar-refractivity contribution is 0.0381. The van der Waals surface area contributed by atoms with Crippen LogP contribution in [-0.2, 0) is 13.8 Å². The monoisotopic (exact) mass is 263 g/mol. The van der Waals surface area contributed by atoms with Crippen LogP contribution in [0, 0.1) is 0 Å². The van der Waals surface area contributed by atoms with Crippen LogP contribution in [0.15, 0.2) is 0 Å². The fraction of sp³-hybridized carbons (Fsp3) is 1.00. The molecule has 0 radical (unpaired) electrons. The van der Waals surface area contributed by atoms with Gasteiger partial charge in [-0.05, 0) is 13.0 Å². The van der Waals surface area contributed by atoms with Gasteiger partial charge in [0.1, 0.15) is 0 Å². The normalized spacial score (nSPS) is 18.9. The number of rotatable bonds is 4. The first-order valence-electron chi connectivity index (χ1n) is 4.30. The third-order valence-electron chi connectivity index (χ3n) is 1.97. The van der Waals surface area contributed by atoms with E-state index < -0.39 is 9.05 Å². The van der Waals surface area contributed by atoms with E-state index in [1.807, 2.05) is 0 Å². The van der Waals surface area contributed by atoms with E-state index in [1.54, 1.807) is 0 Å². The van der Waals surface area contributed by atoms with Crippen molar-refractivity contribution in [1.29, 1.82) is 0 Å². The van der Waals surface area contributed by atoms with E-state index >= 15 is 0 Å². The van der Waals surface area contributed by atoms with Gasteiger partial charge in [-0.2, -0.15) is 0 Å². The molecule has 1 heterocycles. The molecule has 0 aromatic heterocycles. The highest BCUT2D eigenvalue weighted by Crippen LogP contribution is 2.02. The molecule has 14 heavy (non-hydrogen) atoms. The Morgan fingerprint density at radius 3 is 2.36 bits per heavy atom. The molecule has 1 fully saturated rings. The summed E-state index contributed by atoms with van der Waals surface area (Å²) in [6, 6.07) is 0. The molecule has 0 amide bonds. The third-order valence-corrected chi connectivity index (χ3v) is 3.21. The molecule has 0 aromatic rings. The summed E-state index contributed by atoms with van der Waals surface area (Å²) in [5, 5.41) is 0. The van der Waals surface area contributed by atoms with E-state index in [-0.39, 0.29) is 18.2 Å². The van der Waals surface area contributed by atoms with Crippen molar-refractivity contribution in [3.63, 3.8) is 0 Å². The minimum Gasteiger partial charge on any atom is -0.379 e. The second-order valence-electron chi connectivity index (χ2n) is 3.05. The lowest BCUT2D eigenvalue weighted by atomic mass is 10.4. The predicted octanol–water partition coefficient (Wildman–Crippen LogP) is 0.699. The van der Waals surface area contributed by atoms with Crippen LogP contribution >= 0.6 is 23.1 Å². The van der Waals surface area contributed by atoms with Crippen molar-refractivity contribution in [3.05, 3.63) is 0 Å². The molecule has 0 aliphatic carbocycles. The lowest BCUT2D eigenvalue weighted by Crippen LogP contribution is -2.37. The first-order chi connectivity index (χ1) is 6.08. The van der Waals surface area contributed by atoms with Gasteiger partial charge >= 0.3 is 0 Å². The van der Waals surface area contributed by atoms with Gasteiger partial charge in [-0.15, -0.1) is 12.4 Å². The summed E-state index contributed by atoms with van der Waals surface area (Å²) in [4.78, 5) is 2.19. The Morgan fingerprint density at radius 1 is 1.29 bits per heavy atom. The Bertz CT molecular complexity index is 239.